The molecule has 0 unspecified atom stereocenters. The molecule has 190 valence electrons. The number of nitrogens with zero attached hydrogens (tertiary/aromatic N) is 1. The number of carbonyl (C=O) groups excluding carboxylic acids is 1. The predicted octanol–water partition coefficient (Wildman–Crippen LogP) is 4.74. The summed E-state index contributed by atoms with van der Waals surface area (Å²) in [7, 11) is -1.97. The molecule has 0 radical (unpaired) electrons. The Balaban J connectivity index is 2.00. The zero-order valence-electron chi connectivity index (χ0n) is 18.5. The number of cyclic esters (lactones) is 1. The smallest absolute Gasteiger partial charge is 0.388 e. The van der Waals surface area contributed by atoms with Gasteiger partial charge in [0.15, 0.2) is 5.75 Å². The minimum Gasteiger partial charge on any atom is -0.494 e. The summed E-state index contributed by atoms with van der Waals surface area (Å²) < 4.78 is 89.7. The highest BCUT2D eigenvalue weighted by Crippen LogP contribution is 2.40. The molecule has 1 aromatic heterocycles. The maximum absolute atomic E-state index is 15.1. The van der Waals surface area contributed by atoms with E-state index < -0.39 is 45.8 Å². The van der Waals surface area contributed by atoms with Crippen molar-refractivity contribution in [2.45, 2.75) is 18.1 Å². The van der Waals surface area contributed by atoms with Crippen molar-refractivity contribution in [3.05, 3.63) is 57.9 Å². The number of aromatic nitrogens is 1. The number of carbonyl (C=O) groups is 1. The Kier molecular flexibility index (Phi) is 7.00. The lowest BCUT2D eigenvalue weighted by atomic mass is 10.0. The van der Waals surface area contributed by atoms with Gasteiger partial charge in [-0.05, 0) is 34.1 Å². The SMILES string of the molecule is COc1cc(F)c2cc1NS(=O)(=O)c1cc(cc(Br)c1OC)C(=O)OCc1cc(OC(F)F)ncc1-2. The van der Waals surface area contributed by atoms with Gasteiger partial charge in [-0.25, -0.2) is 22.6 Å². The van der Waals surface area contributed by atoms with Gasteiger partial charge in [0.1, 0.15) is 23.1 Å². The summed E-state index contributed by atoms with van der Waals surface area (Å²) >= 11 is 3.18. The summed E-state index contributed by atoms with van der Waals surface area (Å²) in [6, 6.07) is 5.48. The number of rotatable bonds is 4. The molecule has 0 saturated carbocycles. The van der Waals surface area contributed by atoms with Gasteiger partial charge in [0.05, 0.1) is 29.9 Å². The maximum Gasteiger partial charge on any atom is 0.388 e. The average Bonchev–Trinajstić information content (AvgIpc) is 2.82. The normalized spacial score (nSPS) is 14.4. The summed E-state index contributed by atoms with van der Waals surface area (Å²) in [6.07, 6.45) is 1.05. The zero-order valence-corrected chi connectivity index (χ0v) is 20.9. The number of anilines is 1. The molecule has 0 saturated heterocycles. The average molecular weight is 589 g/mol. The molecule has 1 aliphatic rings. The van der Waals surface area contributed by atoms with Crippen molar-refractivity contribution in [3.63, 3.8) is 0 Å². The lowest BCUT2D eigenvalue weighted by Gasteiger charge is -2.17. The standard InChI is InChI=1S/C22H16BrF3N2O7S/c1-32-17-7-15(24)12-6-16(17)28-36(30,31)18-4-10(3-14(23)20(18)33-2)21(29)34-9-11-5-19(35-22(25)26)27-8-13(11)12/h3-8,22,28H,9H2,1-2H3. The van der Waals surface area contributed by atoms with Gasteiger partial charge in [-0.2, -0.15) is 8.78 Å². The second-order valence-corrected chi connectivity index (χ2v) is 9.77. The number of hydrogen-bond donors (Lipinski definition) is 1. The number of fused-ring (bicyclic) bond motifs is 6. The van der Waals surface area contributed by atoms with E-state index in [4.69, 9.17) is 14.2 Å². The number of halogens is 4. The highest BCUT2D eigenvalue weighted by Gasteiger charge is 2.28. The molecule has 0 spiro atoms. The molecule has 1 aliphatic heterocycles. The van der Waals surface area contributed by atoms with Crippen LogP contribution < -0.4 is 18.9 Å². The van der Waals surface area contributed by atoms with E-state index in [1.54, 1.807) is 0 Å². The molecule has 36 heavy (non-hydrogen) atoms. The first-order chi connectivity index (χ1) is 17.0. The van der Waals surface area contributed by atoms with Crippen LogP contribution in [0.2, 0.25) is 0 Å². The van der Waals surface area contributed by atoms with Crippen LogP contribution in [0.4, 0.5) is 18.9 Å². The Morgan fingerprint density at radius 3 is 2.53 bits per heavy atom. The van der Waals surface area contributed by atoms with Crippen molar-refractivity contribution < 1.29 is 45.3 Å². The largest absolute Gasteiger partial charge is 0.494 e. The fourth-order valence-corrected chi connectivity index (χ4v) is 5.54. The molecule has 0 atom stereocenters. The van der Waals surface area contributed by atoms with Gasteiger partial charge in [-0.15, -0.1) is 0 Å². The number of benzene rings is 2. The fourth-order valence-electron chi connectivity index (χ4n) is 3.51. The van der Waals surface area contributed by atoms with E-state index in [-0.39, 0.29) is 43.9 Å². The second kappa shape index (κ2) is 9.85. The van der Waals surface area contributed by atoms with Crippen LogP contribution in [0.5, 0.6) is 17.4 Å². The molecule has 14 heteroatoms. The predicted molar refractivity (Wildman–Crippen MR) is 123 cm³/mol. The lowest BCUT2D eigenvalue weighted by Crippen LogP contribution is -2.16. The van der Waals surface area contributed by atoms with E-state index in [0.29, 0.717) is 0 Å². The minimum atomic E-state index is -4.42. The Morgan fingerprint density at radius 1 is 1.11 bits per heavy atom. The molecule has 2 heterocycles. The van der Waals surface area contributed by atoms with Crippen molar-refractivity contribution in [3.8, 4) is 28.5 Å². The van der Waals surface area contributed by atoms with Crippen molar-refractivity contribution in [1.29, 1.82) is 0 Å². The van der Waals surface area contributed by atoms with Crippen LogP contribution in [0, 0.1) is 5.82 Å². The number of methoxy groups -OCH3 is 2. The Bertz CT molecular complexity index is 1470. The van der Waals surface area contributed by atoms with E-state index in [2.05, 4.69) is 30.4 Å². The summed E-state index contributed by atoms with van der Waals surface area (Å²) in [5, 5.41) is 0. The van der Waals surface area contributed by atoms with E-state index in [0.717, 1.165) is 30.5 Å². The van der Waals surface area contributed by atoms with Crippen LogP contribution in [-0.2, 0) is 21.4 Å². The van der Waals surface area contributed by atoms with E-state index >= 15 is 4.39 Å². The van der Waals surface area contributed by atoms with Gasteiger partial charge >= 0.3 is 12.6 Å². The summed E-state index contributed by atoms with van der Waals surface area (Å²) in [6.45, 7) is -3.68. The first kappa shape index (κ1) is 25.6. The van der Waals surface area contributed by atoms with E-state index in [9.17, 15) is 22.0 Å². The van der Waals surface area contributed by atoms with Crippen LogP contribution in [0.15, 0.2) is 45.9 Å². The molecule has 9 nitrogen and oxygen atoms in total. The van der Waals surface area contributed by atoms with Crippen molar-refractivity contribution in [2.75, 3.05) is 18.9 Å². The van der Waals surface area contributed by atoms with Gasteiger partial charge in [-0.3, -0.25) is 4.72 Å². The number of ether oxygens (including phenoxy) is 4. The number of hydrogen-bond acceptors (Lipinski definition) is 8. The number of esters is 1. The third-order valence-corrected chi connectivity index (χ3v) is 7.06. The molecule has 0 amide bonds. The Morgan fingerprint density at radius 2 is 1.86 bits per heavy atom. The number of pyridine rings is 1. The van der Waals surface area contributed by atoms with Crippen LogP contribution in [0.25, 0.3) is 11.1 Å². The molecule has 2 aromatic carbocycles. The molecule has 0 aliphatic carbocycles. The molecule has 4 bridgehead atoms. The lowest BCUT2D eigenvalue weighted by molar-refractivity contribution is -0.0529. The minimum absolute atomic E-state index is 0.0368. The maximum atomic E-state index is 15.1. The van der Waals surface area contributed by atoms with Crippen LogP contribution in [0.3, 0.4) is 0 Å². The van der Waals surface area contributed by atoms with Crippen molar-refractivity contribution in [1.82, 2.24) is 4.98 Å². The molecular weight excluding hydrogens is 573 g/mol. The van der Waals surface area contributed by atoms with Crippen LogP contribution in [0.1, 0.15) is 15.9 Å². The monoisotopic (exact) mass is 588 g/mol. The van der Waals surface area contributed by atoms with Gasteiger partial charge in [0.2, 0.25) is 5.88 Å². The molecule has 0 fully saturated rings. The number of nitrogens with one attached hydrogen (secondary N) is 1. The Hall–Kier alpha value is -3.52. The third-order valence-electron chi connectivity index (χ3n) is 5.10. The summed E-state index contributed by atoms with van der Waals surface area (Å²) in [5.74, 6) is -2.53. The quantitative estimate of drug-likeness (QED) is 0.435. The van der Waals surface area contributed by atoms with Crippen LogP contribution in [-0.4, -0.2) is 40.2 Å². The zero-order chi connectivity index (χ0) is 26.2. The summed E-state index contributed by atoms with van der Waals surface area (Å²) in [5.41, 5.74) is -0.377. The topological polar surface area (TPSA) is 113 Å². The Labute approximate surface area is 211 Å². The first-order valence-electron chi connectivity index (χ1n) is 9.93. The molecule has 4 rings (SSSR count). The molecule has 1 N–H and O–H groups in total. The third kappa shape index (κ3) is 4.91. The molecule has 3 aromatic rings. The van der Waals surface area contributed by atoms with Gasteiger partial charge in [0.25, 0.3) is 10.0 Å². The molecular formula is C22H16BrF3N2O7S. The summed E-state index contributed by atoms with van der Waals surface area (Å²) in [4.78, 5) is 16.2. The first-order valence-corrected chi connectivity index (χ1v) is 12.2. The van der Waals surface area contributed by atoms with Crippen molar-refractivity contribution >= 4 is 37.6 Å². The second-order valence-electron chi connectivity index (χ2n) is 7.26. The van der Waals surface area contributed by atoms with Gasteiger partial charge in [0, 0.05) is 35.0 Å². The van der Waals surface area contributed by atoms with Gasteiger partial charge < -0.3 is 18.9 Å². The highest BCUT2D eigenvalue weighted by molar-refractivity contribution is 9.10. The van der Waals surface area contributed by atoms with E-state index in [1.807, 2.05) is 0 Å². The van der Waals surface area contributed by atoms with Crippen molar-refractivity contribution in [2.24, 2.45) is 0 Å². The number of alkyl halides is 2. The number of sulfonamides is 1. The van der Waals surface area contributed by atoms with Crippen LogP contribution >= 0.6 is 15.9 Å². The van der Waals surface area contributed by atoms with Gasteiger partial charge in [-0.1, -0.05) is 0 Å². The van der Waals surface area contributed by atoms with E-state index in [1.165, 1.54) is 20.3 Å². The highest BCUT2D eigenvalue weighted by atomic mass is 79.9. The fraction of sp³-hybridized carbons (Fsp3) is 0.182.